The first kappa shape index (κ1) is 26.3. The van der Waals surface area contributed by atoms with Gasteiger partial charge in [-0.1, -0.05) is 106 Å². The Balaban J connectivity index is 1.62. The van der Waals surface area contributed by atoms with Crippen molar-refractivity contribution in [2.45, 2.75) is 70.9 Å². The lowest BCUT2D eigenvalue weighted by atomic mass is 9.78. The summed E-state index contributed by atoms with van der Waals surface area (Å²) < 4.78 is 0. The third-order valence-electron chi connectivity index (χ3n) is 8.02. The zero-order valence-electron chi connectivity index (χ0n) is 24.4. The van der Waals surface area contributed by atoms with Gasteiger partial charge >= 0.3 is 0 Å². The molecule has 0 fully saturated rings. The SMILES string of the molecule is CC(C)(C)c1nc(N)c2c(n1)N(C(C)(C)C)NC2(Cc1cccc2ccccc12)Cc1cccc2ccccc12. The first-order valence-corrected chi connectivity index (χ1v) is 14.2. The standard InChI is InChI=1S/C35H39N5/c1-33(2,3)32-37-30(36)29-31(38-32)40(34(4,5)6)39-35(29,21-25-17-11-15-23-13-7-9-19-27(23)25)22-26-18-12-16-24-14-8-10-20-28(24)26/h7-20,39H,21-22H2,1-6H3,(H2,36,37,38). The molecule has 1 aliphatic rings. The van der Waals surface area contributed by atoms with Gasteiger partial charge in [-0.3, -0.25) is 5.01 Å². The Morgan fingerprint density at radius 2 is 1.20 bits per heavy atom. The van der Waals surface area contributed by atoms with Gasteiger partial charge in [0.25, 0.3) is 0 Å². The third-order valence-corrected chi connectivity index (χ3v) is 8.02. The average molecular weight is 530 g/mol. The fourth-order valence-corrected chi connectivity index (χ4v) is 6.09. The van der Waals surface area contributed by atoms with E-state index in [1.165, 1.54) is 32.7 Å². The average Bonchev–Trinajstić information content (AvgIpc) is 3.24. The van der Waals surface area contributed by atoms with E-state index in [9.17, 15) is 0 Å². The van der Waals surface area contributed by atoms with Crippen LogP contribution in [0.4, 0.5) is 11.6 Å². The number of nitrogens with zero attached hydrogens (tertiary/aromatic N) is 3. The van der Waals surface area contributed by atoms with Crippen LogP contribution in [0.3, 0.4) is 0 Å². The minimum atomic E-state index is -0.558. The number of nitrogens with one attached hydrogen (secondary N) is 1. The molecular weight excluding hydrogens is 490 g/mol. The van der Waals surface area contributed by atoms with Gasteiger partial charge in [-0.25, -0.2) is 15.4 Å². The number of aromatic nitrogens is 2. The predicted molar refractivity (Wildman–Crippen MR) is 167 cm³/mol. The van der Waals surface area contributed by atoms with Crippen LogP contribution >= 0.6 is 0 Å². The van der Waals surface area contributed by atoms with Crippen LogP contribution < -0.4 is 16.2 Å². The van der Waals surface area contributed by atoms with E-state index in [0.717, 1.165) is 30.0 Å². The van der Waals surface area contributed by atoms with Crippen molar-refractivity contribution in [2.75, 3.05) is 10.7 Å². The van der Waals surface area contributed by atoms with Gasteiger partial charge in [-0.05, 0) is 66.3 Å². The number of hydrazine groups is 1. The van der Waals surface area contributed by atoms with E-state index in [0.29, 0.717) is 5.82 Å². The summed E-state index contributed by atoms with van der Waals surface area (Å²) >= 11 is 0. The highest BCUT2D eigenvalue weighted by molar-refractivity contribution is 5.87. The fourth-order valence-electron chi connectivity index (χ4n) is 6.09. The third kappa shape index (κ3) is 4.48. The summed E-state index contributed by atoms with van der Waals surface area (Å²) in [5.74, 6) is 2.19. The number of rotatable bonds is 4. The zero-order chi connectivity index (χ0) is 28.3. The first-order valence-electron chi connectivity index (χ1n) is 14.2. The van der Waals surface area contributed by atoms with E-state index in [4.69, 9.17) is 15.7 Å². The molecule has 1 aromatic heterocycles. The van der Waals surface area contributed by atoms with Crippen LogP contribution in [0.5, 0.6) is 0 Å². The Labute approximate surface area is 237 Å². The van der Waals surface area contributed by atoms with Crippen LogP contribution in [0.15, 0.2) is 84.9 Å². The van der Waals surface area contributed by atoms with Crippen LogP contribution in [0, 0.1) is 0 Å². The Hall–Kier alpha value is -3.96. The van der Waals surface area contributed by atoms with E-state index >= 15 is 0 Å². The summed E-state index contributed by atoms with van der Waals surface area (Å²) in [6, 6.07) is 30.4. The number of nitrogens with two attached hydrogens (primary N) is 1. The predicted octanol–water partition coefficient (Wildman–Crippen LogP) is 7.47. The Bertz CT molecular complexity index is 1630. The van der Waals surface area contributed by atoms with Gasteiger partial charge in [-0.15, -0.1) is 0 Å². The Kier molecular flexibility index (Phi) is 6.11. The first-order chi connectivity index (χ1) is 19.0. The molecule has 0 aliphatic carbocycles. The molecular formula is C35H39N5. The van der Waals surface area contributed by atoms with E-state index in [1.807, 2.05) is 0 Å². The van der Waals surface area contributed by atoms with Gasteiger partial charge in [0.2, 0.25) is 0 Å². The van der Waals surface area contributed by atoms with E-state index in [2.05, 4.69) is 137 Å². The molecule has 5 aromatic rings. The highest BCUT2D eigenvalue weighted by Gasteiger charge is 2.49. The second kappa shape index (κ2) is 9.31. The molecule has 0 saturated heterocycles. The van der Waals surface area contributed by atoms with Gasteiger partial charge in [0.15, 0.2) is 5.82 Å². The molecule has 2 heterocycles. The van der Waals surface area contributed by atoms with Crippen molar-refractivity contribution in [3.63, 3.8) is 0 Å². The molecule has 0 unspecified atom stereocenters. The molecule has 5 nitrogen and oxygen atoms in total. The molecule has 0 atom stereocenters. The van der Waals surface area contributed by atoms with Crippen LogP contribution in [0.1, 0.15) is 64.1 Å². The van der Waals surface area contributed by atoms with Crippen molar-refractivity contribution >= 4 is 33.2 Å². The fraction of sp³-hybridized carbons (Fsp3) is 0.314. The molecule has 204 valence electrons. The monoisotopic (exact) mass is 529 g/mol. The molecule has 40 heavy (non-hydrogen) atoms. The van der Waals surface area contributed by atoms with Gasteiger partial charge in [0, 0.05) is 11.0 Å². The quantitative estimate of drug-likeness (QED) is 0.253. The maximum atomic E-state index is 6.97. The van der Waals surface area contributed by atoms with Gasteiger partial charge in [0.05, 0.1) is 11.1 Å². The molecule has 3 N–H and O–H groups in total. The lowest BCUT2D eigenvalue weighted by Crippen LogP contribution is -2.55. The van der Waals surface area contributed by atoms with Gasteiger partial charge < -0.3 is 5.73 Å². The van der Waals surface area contributed by atoms with E-state index < -0.39 is 5.54 Å². The number of fused-ring (bicyclic) bond motifs is 3. The van der Waals surface area contributed by atoms with Crippen molar-refractivity contribution in [3.05, 3.63) is 107 Å². The molecule has 0 radical (unpaired) electrons. The second-order valence-electron chi connectivity index (χ2n) is 13.2. The summed E-state index contributed by atoms with van der Waals surface area (Å²) in [4.78, 5) is 10.1. The number of anilines is 2. The molecule has 5 heteroatoms. The summed E-state index contributed by atoms with van der Waals surface area (Å²) in [7, 11) is 0. The van der Waals surface area contributed by atoms with Gasteiger partial charge in [0.1, 0.15) is 11.6 Å². The Morgan fingerprint density at radius 1 is 0.700 bits per heavy atom. The van der Waals surface area contributed by atoms with Crippen molar-refractivity contribution in [2.24, 2.45) is 0 Å². The second-order valence-corrected chi connectivity index (χ2v) is 13.2. The summed E-state index contributed by atoms with van der Waals surface area (Å²) in [5, 5.41) is 7.21. The van der Waals surface area contributed by atoms with Crippen molar-refractivity contribution in [1.29, 1.82) is 0 Å². The number of benzene rings is 4. The molecule has 0 bridgehead atoms. The topological polar surface area (TPSA) is 67.1 Å². The summed E-state index contributed by atoms with van der Waals surface area (Å²) in [6.07, 6.45) is 1.47. The number of nitrogen functional groups attached to an aromatic ring is 1. The largest absolute Gasteiger partial charge is 0.383 e. The van der Waals surface area contributed by atoms with Gasteiger partial charge in [-0.2, -0.15) is 0 Å². The lowest BCUT2D eigenvalue weighted by molar-refractivity contribution is 0.306. The summed E-state index contributed by atoms with van der Waals surface area (Å²) in [6.45, 7) is 13.0. The van der Waals surface area contributed by atoms with Crippen LogP contribution in [-0.4, -0.2) is 15.5 Å². The van der Waals surface area contributed by atoms with Crippen molar-refractivity contribution < 1.29 is 0 Å². The van der Waals surface area contributed by atoms with Crippen LogP contribution in [-0.2, 0) is 23.8 Å². The zero-order valence-corrected chi connectivity index (χ0v) is 24.4. The molecule has 1 aliphatic heterocycles. The molecule has 0 saturated carbocycles. The molecule has 6 rings (SSSR count). The van der Waals surface area contributed by atoms with Crippen molar-refractivity contribution in [1.82, 2.24) is 15.4 Å². The van der Waals surface area contributed by atoms with E-state index in [1.54, 1.807) is 0 Å². The normalized spacial score (nSPS) is 15.1. The molecule has 0 spiro atoms. The summed E-state index contributed by atoms with van der Waals surface area (Å²) in [5.41, 5.74) is 13.5. The van der Waals surface area contributed by atoms with Crippen LogP contribution in [0.25, 0.3) is 21.5 Å². The van der Waals surface area contributed by atoms with E-state index in [-0.39, 0.29) is 11.0 Å². The highest BCUT2D eigenvalue weighted by Crippen LogP contribution is 2.47. The minimum absolute atomic E-state index is 0.233. The smallest absolute Gasteiger partial charge is 0.154 e. The van der Waals surface area contributed by atoms with Crippen LogP contribution in [0.2, 0.25) is 0 Å². The minimum Gasteiger partial charge on any atom is -0.383 e. The number of hydrogen-bond acceptors (Lipinski definition) is 5. The Morgan fingerprint density at radius 3 is 1.70 bits per heavy atom. The highest BCUT2D eigenvalue weighted by atomic mass is 15.6. The lowest BCUT2D eigenvalue weighted by Gasteiger charge is -2.38. The maximum absolute atomic E-state index is 6.97. The maximum Gasteiger partial charge on any atom is 0.154 e. The molecule has 4 aromatic carbocycles. The van der Waals surface area contributed by atoms with Crippen molar-refractivity contribution in [3.8, 4) is 0 Å². The number of hydrogen-bond donors (Lipinski definition) is 2. The molecule has 0 amide bonds.